The standard InChI is InChI=1S/C13H18N2O3.ClH/c16-15(17)12-3-1-2-4-13(12)18-10-7-11-5-8-14-9-6-11;/h1-4,11,14H,5-10H2;1H. The van der Waals surface area contributed by atoms with Crippen LogP contribution in [0.2, 0.25) is 0 Å². The zero-order valence-corrected chi connectivity index (χ0v) is 11.5. The minimum Gasteiger partial charge on any atom is -0.487 e. The number of nitrogens with one attached hydrogen (secondary N) is 1. The van der Waals surface area contributed by atoms with Gasteiger partial charge in [-0.1, -0.05) is 12.1 Å². The maximum Gasteiger partial charge on any atom is 0.310 e. The fraction of sp³-hybridized carbons (Fsp3) is 0.538. The molecule has 1 aromatic carbocycles. The molecule has 106 valence electrons. The van der Waals surface area contributed by atoms with E-state index in [2.05, 4.69) is 5.32 Å². The van der Waals surface area contributed by atoms with E-state index in [-0.39, 0.29) is 18.1 Å². The Morgan fingerprint density at radius 1 is 1.32 bits per heavy atom. The van der Waals surface area contributed by atoms with Gasteiger partial charge in [-0.2, -0.15) is 0 Å². The van der Waals surface area contributed by atoms with Crippen molar-refractivity contribution in [1.82, 2.24) is 5.32 Å². The Labute approximate surface area is 118 Å². The van der Waals surface area contributed by atoms with E-state index >= 15 is 0 Å². The average Bonchev–Trinajstić information content (AvgIpc) is 2.40. The van der Waals surface area contributed by atoms with Crippen LogP contribution in [0.15, 0.2) is 24.3 Å². The second kappa shape index (κ2) is 7.96. The molecule has 19 heavy (non-hydrogen) atoms. The summed E-state index contributed by atoms with van der Waals surface area (Å²) in [7, 11) is 0. The van der Waals surface area contributed by atoms with Gasteiger partial charge >= 0.3 is 5.69 Å². The number of para-hydroxylation sites is 2. The van der Waals surface area contributed by atoms with Crippen molar-refractivity contribution in [2.75, 3.05) is 19.7 Å². The smallest absolute Gasteiger partial charge is 0.310 e. The van der Waals surface area contributed by atoms with E-state index in [9.17, 15) is 10.1 Å². The quantitative estimate of drug-likeness (QED) is 0.668. The van der Waals surface area contributed by atoms with Crippen LogP contribution in [0.25, 0.3) is 0 Å². The number of nitro groups is 1. The fourth-order valence-corrected chi connectivity index (χ4v) is 2.24. The molecule has 5 nitrogen and oxygen atoms in total. The number of hydrogen-bond acceptors (Lipinski definition) is 4. The lowest BCUT2D eigenvalue weighted by atomic mass is 9.95. The third-order valence-corrected chi connectivity index (χ3v) is 3.30. The van der Waals surface area contributed by atoms with Gasteiger partial charge in [-0.25, -0.2) is 0 Å². The number of benzene rings is 1. The lowest BCUT2D eigenvalue weighted by Gasteiger charge is -2.22. The van der Waals surface area contributed by atoms with Crippen LogP contribution in [0.1, 0.15) is 19.3 Å². The number of rotatable bonds is 5. The molecule has 0 bridgehead atoms. The van der Waals surface area contributed by atoms with Gasteiger partial charge in [0.15, 0.2) is 5.75 Å². The molecule has 0 radical (unpaired) electrons. The first kappa shape index (κ1) is 15.7. The van der Waals surface area contributed by atoms with Gasteiger partial charge in [0.05, 0.1) is 11.5 Å². The second-order valence-corrected chi connectivity index (χ2v) is 4.56. The molecule has 1 fully saturated rings. The van der Waals surface area contributed by atoms with E-state index < -0.39 is 4.92 Å². The maximum atomic E-state index is 10.8. The Kier molecular flexibility index (Phi) is 6.59. The van der Waals surface area contributed by atoms with Crippen LogP contribution in [0.5, 0.6) is 5.75 Å². The highest BCUT2D eigenvalue weighted by Gasteiger charge is 2.16. The molecular formula is C13H19ClN2O3. The summed E-state index contributed by atoms with van der Waals surface area (Å²) in [5, 5.41) is 14.1. The van der Waals surface area contributed by atoms with Crippen LogP contribution < -0.4 is 10.1 Å². The van der Waals surface area contributed by atoms with Crippen molar-refractivity contribution in [3.05, 3.63) is 34.4 Å². The number of piperidine rings is 1. The SMILES string of the molecule is Cl.O=[N+]([O-])c1ccccc1OCCC1CCNCC1. The molecule has 0 atom stereocenters. The number of hydrogen-bond donors (Lipinski definition) is 1. The molecule has 1 N–H and O–H groups in total. The zero-order valence-electron chi connectivity index (χ0n) is 10.7. The highest BCUT2D eigenvalue weighted by molar-refractivity contribution is 5.85. The molecule has 1 aliphatic heterocycles. The predicted molar refractivity (Wildman–Crippen MR) is 76.1 cm³/mol. The molecule has 1 heterocycles. The number of ether oxygens (including phenoxy) is 1. The van der Waals surface area contributed by atoms with Crippen LogP contribution in [0, 0.1) is 16.0 Å². The third-order valence-electron chi connectivity index (χ3n) is 3.30. The number of nitrogens with zero attached hydrogens (tertiary/aromatic N) is 1. The van der Waals surface area contributed by atoms with Crippen molar-refractivity contribution in [3.63, 3.8) is 0 Å². The van der Waals surface area contributed by atoms with Gasteiger partial charge in [-0.15, -0.1) is 12.4 Å². The molecule has 0 amide bonds. The molecule has 0 aromatic heterocycles. The topological polar surface area (TPSA) is 64.4 Å². The minimum atomic E-state index is -0.403. The molecule has 1 aromatic rings. The summed E-state index contributed by atoms with van der Waals surface area (Å²) < 4.78 is 5.54. The largest absolute Gasteiger partial charge is 0.487 e. The van der Waals surface area contributed by atoms with Crippen molar-refractivity contribution >= 4 is 18.1 Å². The van der Waals surface area contributed by atoms with Crippen molar-refractivity contribution in [3.8, 4) is 5.75 Å². The van der Waals surface area contributed by atoms with Gasteiger partial charge < -0.3 is 10.1 Å². The van der Waals surface area contributed by atoms with Crippen LogP contribution in [-0.2, 0) is 0 Å². The van der Waals surface area contributed by atoms with Crippen LogP contribution in [0.3, 0.4) is 0 Å². The lowest BCUT2D eigenvalue weighted by molar-refractivity contribution is -0.385. The van der Waals surface area contributed by atoms with Gasteiger partial charge in [0.2, 0.25) is 0 Å². The summed E-state index contributed by atoms with van der Waals surface area (Å²) in [5.74, 6) is 1.05. The van der Waals surface area contributed by atoms with Crippen LogP contribution >= 0.6 is 12.4 Å². The molecule has 1 saturated heterocycles. The lowest BCUT2D eigenvalue weighted by Crippen LogP contribution is -2.28. The van der Waals surface area contributed by atoms with E-state index in [1.54, 1.807) is 18.2 Å². The molecule has 0 spiro atoms. The van der Waals surface area contributed by atoms with Crippen molar-refractivity contribution in [2.45, 2.75) is 19.3 Å². The first-order chi connectivity index (χ1) is 8.77. The van der Waals surface area contributed by atoms with Gasteiger partial charge in [0.1, 0.15) is 0 Å². The normalized spacial score (nSPS) is 15.6. The van der Waals surface area contributed by atoms with E-state index in [1.807, 2.05) is 0 Å². The van der Waals surface area contributed by atoms with Crippen molar-refractivity contribution < 1.29 is 9.66 Å². The fourth-order valence-electron chi connectivity index (χ4n) is 2.24. The molecule has 6 heteroatoms. The van der Waals surface area contributed by atoms with Crippen LogP contribution in [-0.4, -0.2) is 24.6 Å². The summed E-state index contributed by atoms with van der Waals surface area (Å²) >= 11 is 0. The van der Waals surface area contributed by atoms with Gasteiger partial charge in [0.25, 0.3) is 0 Å². The van der Waals surface area contributed by atoms with E-state index in [0.717, 1.165) is 19.5 Å². The van der Waals surface area contributed by atoms with Crippen molar-refractivity contribution in [1.29, 1.82) is 0 Å². The summed E-state index contributed by atoms with van der Waals surface area (Å²) in [6.07, 6.45) is 3.30. The Morgan fingerprint density at radius 2 is 2.00 bits per heavy atom. The zero-order chi connectivity index (χ0) is 12.8. The van der Waals surface area contributed by atoms with Gasteiger partial charge in [0, 0.05) is 6.07 Å². The number of halogens is 1. The summed E-state index contributed by atoms with van der Waals surface area (Å²) in [5.41, 5.74) is 0.0443. The minimum absolute atomic E-state index is 0. The van der Waals surface area contributed by atoms with E-state index in [1.165, 1.54) is 18.9 Å². The summed E-state index contributed by atoms with van der Waals surface area (Å²) in [6.45, 7) is 2.68. The molecule has 1 aliphatic rings. The summed E-state index contributed by atoms with van der Waals surface area (Å²) in [6, 6.07) is 6.53. The van der Waals surface area contributed by atoms with Gasteiger partial charge in [-0.05, 0) is 44.3 Å². The van der Waals surface area contributed by atoms with E-state index in [0.29, 0.717) is 18.3 Å². The maximum absolute atomic E-state index is 10.8. The van der Waals surface area contributed by atoms with Crippen molar-refractivity contribution in [2.24, 2.45) is 5.92 Å². The molecule has 0 aliphatic carbocycles. The molecule has 0 saturated carbocycles. The highest BCUT2D eigenvalue weighted by Crippen LogP contribution is 2.26. The highest BCUT2D eigenvalue weighted by atomic mass is 35.5. The first-order valence-corrected chi connectivity index (χ1v) is 6.34. The van der Waals surface area contributed by atoms with E-state index in [4.69, 9.17) is 4.74 Å². The Morgan fingerprint density at radius 3 is 2.68 bits per heavy atom. The second-order valence-electron chi connectivity index (χ2n) is 4.56. The Balaban J connectivity index is 0.00000180. The number of nitro benzene ring substituents is 1. The van der Waals surface area contributed by atoms with Gasteiger partial charge in [-0.3, -0.25) is 10.1 Å². The molecular weight excluding hydrogens is 268 g/mol. The molecule has 2 rings (SSSR count). The third kappa shape index (κ3) is 4.69. The monoisotopic (exact) mass is 286 g/mol. The molecule has 0 unspecified atom stereocenters. The predicted octanol–water partition coefficient (Wildman–Crippen LogP) is 2.79. The average molecular weight is 287 g/mol. The van der Waals surface area contributed by atoms with Crippen LogP contribution in [0.4, 0.5) is 5.69 Å². The first-order valence-electron chi connectivity index (χ1n) is 6.34. The Hall–Kier alpha value is -1.33. The summed E-state index contributed by atoms with van der Waals surface area (Å²) in [4.78, 5) is 10.4. The Bertz CT molecular complexity index is 409.